The topological polar surface area (TPSA) is 77.2 Å². The van der Waals surface area contributed by atoms with Gasteiger partial charge in [0.05, 0.1) is 12.3 Å². The molecule has 0 radical (unpaired) electrons. The van der Waals surface area contributed by atoms with Crippen molar-refractivity contribution in [2.75, 3.05) is 18.9 Å². The van der Waals surface area contributed by atoms with Crippen LogP contribution in [0, 0.1) is 12.8 Å². The minimum Gasteiger partial charge on any atom is -0.397 e. The number of thiophene rings is 1. The lowest BCUT2D eigenvalue weighted by Crippen LogP contribution is -2.38. The third-order valence-corrected chi connectivity index (χ3v) is 5.08. The molecule has 1 amide bonds. The van der Waals surface area contributed by atoms with Crippen LogP contribution in [0.1, 0.15) is 28.7 Å². The molecule has 3 rings (SSSR count). The number of carbonyl (C=O) groups excluding carboxylic acids is 1. The van der Waals surface area contributed by atoms with Gasteiger partial charge < -0.3 is 15.8 Å². The molecule has 1 fully saturated rings. The molecule has 1 aliphatic rings. The predicted molar refractivity (Wildman–Crippen MR) is 84.6 cm³/mol. The highest BCUT2D eigenvalue weighted by molar-refractivity contribution is 7.21. The highest BCUT2D eigenvalue weighted by Gasteiger charge is 2.25. The Morgan fingerprint density at radius 2 is 2.38 bits per heavy atom. The number of aromatic nitrogens is 1. The van der Waals surface area contributed by atoms with E-state index in [2.05, 4.69) is 10.3 Å². The van der Waals surface area contributed by atoms with Gasteiger partial charge in [-0.05, 0) is 32.4 Å². The van der Waals surface area contributed by atoms with Crippen LogP contribution in [0.3, 0.4) is 0 Å². The monoisotopic (exact) mass is 305 g/mol. The Balaban J connectivity index is 1.82. The highest BCUT2D eigenvalue weighted by Crippen LogP contribution is 2.32. The Morgan fingerprint density at radius 1 is 1.57 bits per heavy atom. The molecule has 6 heteroatoms. The number of ether oxygens (including phenoxy) is 1. The molecule has 1 aliphatic heterocycles. The maximum Gasteiger partial charge on any atom is 0.263 e. The van der Waals surface area contributed by atoms with Gasteiger partial charge in [-0.25, -0.2) is 4.98 Å². The predicted octanol–water partition coefficient (Wildman–Crippen LogP) is 2.34. The van der Waals surface area contributed by atoms with E-state index in [4.69, 9.17) is 10.5 Å². The Bertz CT molecular complexity index is 677. The SMILES string of the molecule is Cc1ccc2c(N)c(C(=O)NC(C)C3CCOC3)sc2n1. The fourth-order valence-corrected chi connectivity index (χ4v) is 3.64. The first-order valence-electron chi connectivity index (χ1n) is 7.10. The largest absolute Gasteiger partial charge is 0.397 e. The van der Waals surface area contributed by atoms with Gasteiger partial charge in [-0.3, -0.25) is 4.79 Å². The van der Waals surface area contributed by atoms with Crippen LogP contribution in [0.2, 0.25) is 0 Å². The number of anilines is 1. The number of nitrogens with zero attached hydrogens (tertiary/aromatic N) is 1. The van der Waals surface area contributed by atoms with E-state index in [1.165, 1.54) is 11.3 Å². The van der Waals surface area contributed by atoms with E-state index in [-0.39, 0.29) is 11.9 Å². The van der Waals surface area contributed by atoms with E-state index in [9.17, 15) is 4.79 Å². The molecule has 3 heterocycles. The second-order valence-electron chi connectivity index (χ2n) is 5.54. The zero-order valence-corrected chi connectivity index (χ0v) is 13.0. The van der Waals surface area contributed by atoms with Crippen LogP contribution in [-0.2, 0) is 4.74 Å². The Kier molecular flexibility index (Phi) is 3.82. The Hall–Kier alpha value is -1.66. The minimum absolute atomic E-state index is 0.0827. The Labute approximate surface area is 127 Å². The van der Waals surface area contributed by atoms with Crippen LogP contribution in [0.15, 0.2) is 12.1 Å². The van der Waals surface area contributed by atoms with Crippen molar-refractivity contribution in [2.45, 2.75) is 26.3 Å². The average Bonchev–Trinajstić information content (AvgIpc) is 3.07. The molecular weight excluding hydrogens is 286 g/mol. The van der Waals surface area contributed by atoms with Crippen LogP contribution in [0.4, 0.5) is 5.69 Å². The summed E-state index contributed by atoms with van der Waals surface area (Å²) in [6.45, 7) is 5.43. The average molecular weight is 305 g/mol. The molecule has 5 nitrogen and oxygen atoms in total. The summed E-state index contributed by atoms with van der Waals surface area (Å²) in [6.07, 6.45) is 0.990. The molecule has 2 aromatic rings. The summed E-state index contributed by atoms with van der Waals surface area (Å²) in [6, 6.07) is 3.92. The lowest BCUT2D eigenvalue weighted by molar-refractivity contribution is 0.0927. The number of carbonyl (C=O) groups is 1. The minimum atomic E-state index is -0.118. The van der Waals surface area contributed by atoms with Crippen LogP contribution < -0.4 is 11.1 Å². The summed E-state index contributed by atoms with van der Waals surface area (Å²) in [4.78, 5) is 18.2. The van der Waals surface area contributed by atoms with E-state index in [0.717, 1.165) is 28.9 Å². The number of pyridine rings is 1. The van der Waals surface area contributed by atoms with E-state index in [0.29, 0.717) is 23.1 Å². The zero-order valence-electron chi connectivity index (χ0n) is 12.2. The van der Waals surface area contributed by atoms with E-state index >= 15 is 0 Å². The van der Waals surface area contributed by atoms with E-state index in [1.54, 1.807) is 0 Å². The normalized spacial score (nSPS) is 19.8. The fourth-order valence-electron chi connectivity index (χ4n) is 2.60. The molecule has 0 aliphatic carbocycles. The molecule has 21 heavy (non-hydrogen) atoms. The number of rotatable bonds is 3. The molecule has 2 unspecified atom stereocenters. The maximum absolute atomic E-state index is 12.4. The summed E-state index contributed by atoms with van der Waals surface area (Å²) in [5, 5.41) is 3.89. The van der Waals surface area contributed by atoms with Crippen molar-refractivity contribution in [2.24, 2.45) is 5.92 Å². The van der Waals surface area contributed by atoms with Crippen molar-refractivity contribution in [1.29, 1.82) is 0 Å². The first-order chi connectivity index (χ1) is 10.1. The summed E-state index contributed by atoms with van der Waals surface area (Å²) < 4.78 is 5.37. The van der Waals surface area contributed by atoms with Crippen molar-refractivity contribution in [3.8, 4) is 0 Å². The number of fused-ring (bicyclic) bond motifs is 1. The standard InChI is InChI=1S/C15H19N3O2S/c1-8-3-4-11-12(16)13(21-15(11)17-8)14(19)18-9(2)10-5-6-20-7-10/h3-4,9-10H,5-7,16H2,1-2H3,(H,18,19). The first-order valence-corrected chi connectivity index (χ1v) is 7.92. The van der Waals surface area contributed by atoms with Gasteiger partial charge in [0.15, 0.2) is 0 Å². The quantitative estimate of drug-likeness (QED) is 0.912. The number of hydrogen-bond donors (Lipinski definition) is 2. The first kappa shape index (κ1) is 14.3. The second kappa shape index (κ2) is 5.61. The number of amides is 1. The summed E-state index contributed by atoms with van der Waals surface area (Å²) in [5.41, 5.74) is 7.55. The number of aryl methyl sites for hydroxylation is 1. The highest BCUT2D eigenvalue weighted by atomic mass is 32.1. The van der Waals surface area contributed by atoms with Crippen molar-refractivity contribution >= 4 is 33.1 Å². The van der Waals surface area contributed by atoms with Gasteiger partial charge in [-0.15, -0.1) is 11.3 Å². The maximum atomic E-state index is 12.4. The lowest BCUT2D eigenvalue weighted by Gasteiger charge is -2.18. The van der Waals surface area contributed by atoms with E-state index in [1.807, 2.05) is 26.0 Å². The number of nitrogen functional groups attached to an aromatic ring is 1. The lowest BCUT2D eigenvalue weighted by atomic mass is 10.0. The molecule has 0 aromatic carbocycles. The summed E-state index contributed by atoms with van der Waals surface area (Å²) in [7, 11) is 0. The van der Waals surface area contributed by atoms with Crippen molar-refractivity contribution < 1.29 is 9.53 Å². The van der Waals surface area contributed by atoms with Gasteiger partial charge in [0.25, 0.3) is 5.91 Å². The summed E-state index contributed by atoms with van der Waals surface area (Å²) in [5.74, 6) is 0.262. The van der Waals surface area contributed by atoms with Crippen molar-refractivity contribution in [3.63, 3.8) is 0 Å². The number of nitrogens with one attached hydrogen (secondary N) is 1. The molecule has 112 valence electrons. The molecular formula is C15H19N3O2S. The molecule has 0 saturated carbocycles. The van der Waals surface area contributed by atoms with Gasteiger partial charge in [-0.1, -0.05) is 0 Å². The zero-order chi connectivity index (χ0) is 15.0. The van der Waals surface area contributed by atoms with Gasteiger partial charge in [0, 0.05) is 29.6 Å². The van der Waals surface area contributed by atoms with Crippen LogP contribution in [-0.4, -0.2) is 30.1 Å². The van der Waals surface area contributed by atoms with Gasteiger partial charge >= 0.3 is 0 Å². The van der Waals surface area contributed by atoms with E-state index < -0.39 is 0 Å². The molecule has 2 aromatic heterocycles. The third kappa shape index (κ3) is 2.73. The summed E-state index contributed by atoms with van der Waals surface area (Å²) >= 11 is 1.35. The number of nitrogens with two attached hydrogens (primary N) is 1. The molecule has 0 bridgehead atoms. The van der Waals surface area contributed by atoms with Crippen molar-refractivity contribution in [1.82, 2.24) is 10.3 Å². The van der Waals surface area contributed by atoms with Crippen LogP contribution in [0.25, 0.3) is 10.2 Å². The molecule has 2 atom stereocenters. The van der Waals surface area contributed by atoms with Gasteiger partial charge in [-0.2, -0.15) is 0 Å². The third-order valence-electron chi connectivity index (χ3n) is 3.97. The molecule has 1 saturated heterocycles. The van der Waals surface area contributed by atoms with Crippen LogP contribution in [0.5, 0.6) is 0 Å². The van der Waals surface area contributed by atoms with Crippen LogP contribution >= 0.6 is 11.3 Å². The molecule has 0 spiro atoms. The van der Waals surface area contributed by atoms with Gasteiger partial charge in [0.2, 0.25) is 0 Å². The fraction of sp³-hybridized carbons (Fsp3) is 0.467. The Morgan fingerprint density at radius 3 is 3.10 bits per heavy atom. The van der Waals surface area contributed by atoms with Crippen molar-refractivity contribution in [3.05, 3.63) is 22.7 Å². The molecule has 3 N–H and O–H groups in total. The smallest absolute Gasteiger partial charge is 0.263 e. The number of hydrogen-bond acceptors (Lipinski definition) is 5. The van der Waals surface area contributed by atoms with Gasteiger partial charge in [0.1, 0.15) is 9.71 Å². The second-order valence-corrected chi connectivity index (χ2v) is 6.54.